The van der Waals surface area contributed by atoms with Crippen LogP contribution >= 0.6 is 0 Å². The minimum absolute atomic E-state index is 0.0110. The molecule has 0 saturated carbocycles. The van der Waals surface area contributed by atoms with Crippen LogP contribution in [-0.4, -0.2) is 60.1 Å². The van der Waals surface area contributed by atoms with Gasteiger partial charge in [0.1, 0.15) is 18.0 Å². The van der Waals surface area contributed by atoms with Crippen molar-refractivity contribution in [2.45, 2.75) is 17.0 Å². The second-order valence-electron chi connectivity index (χ2n) is 5.67. The van der Waals surface area contributed by atoms with Crippen molar-refractivity contribution in [1.82, 2.24) is 9.29 Å². The molecular formula is C17H22N4O5S. The van der Waals surface area contributed by atoms with Crippen LogP contribution in [0.3, 0.4) is 0 Å². The van der Waals surface area contributed by atoms with Crippen LogP contribution in [0.15, 0.2) is 53.6 Å². The predicted octanol–water partition coefficient (Wildman–Crippen LogP) is -0.306. The van der Waals surface area contributed by atoms with Gasteiger partial charge in [-0.05, 0) is 18.2 Å². The molecular weight excluding hydrogens is 372 g/mol. The standard InChI is InChI=1S/C15H15N3O4S.C2H7NO/c1-18-13(15(20)17-12-8-4-5-9-16-12)14(19)10-6-2-3-7-11(10)23(18,21)22;3-1-2-4/h2-9,13-14,19H,1H3,(H,16,17,20);4H,1-3H2. The Morgan fingerprint density at radius 1 is 1.26 bits per heavy atom. The van der Waals surface area contributed by atoms with Gasteiger partial charge in [-0.25, -0.2) is 13.4 Å². The summed E-state index contributed by atoms with van der Waals surface area (Å²) >= 11 is 0. The van der Waals surface area contributed by atoms with Gasteiger partial charge in [0.25, 0.3) is 0 Å². The molecule has 27 heavy (non-hydrogen) atoms. The summed E-state index contributed by atoms with van der Waals surface area (Å²) in [5.41, 5.74) is 4.99. The molecule has 0 spiro atoms. The predicted molar refractivity (Wildman–Crippen MR) is 99.1 cm³/mol. The number of anilines is 1. The van der Waals surface area contributed by atoms with Crippen LogP contribution < -0.4 is 11.1 Å². The maximum absolute atomic E-state index is 12.5. The van der Waals surface area contributed by atoms with Crippen molar-refractivity contribution < 1.29 is 23.4 Å². The number of likely N-dealkylation sites (N-methyl/N-ethyl adjacent to an activating group) is 1. The summed E-state index contributed by atoms with van der Waals surface area (Å²) in [6.07, 6.45) is 0.242. The molecule has 1 amide bonds. The van der Waals surface area contributed by atoms with Gasteiger partial charge in [0.15, 0.2) is 0 Å². The number of nitrogens with two attached hydrogens (primary N) is 1. The number of hydrogen-bond donors (Lipinski definition) is 4. The number of fused-ring (bicyclic) bond motifs is 1. The van der Waals surface area contributed by atoms with Crippen LogP contribution in [0.2, 0.25) is 0 Å². The monoisotopic (exact) mass is 394 g/mol. The summed E-state index contributed by atoms with van der Waals surface area (Å²) in [5, 5.41) is 20.8. The van der Waals surface area contributed by atoms with Gasteiger partial charge in [-0.15, -0.1) is 0 Å². The van der Waals surface area contributed by atoms with Gasteiger partial charge >= 0.3 is 0 Å². The number of aromatic nitrogens is 1. The Morgan fingerprint density at radius 2 is 1.89 bits per heavy atom. The van der Waals surface area contributed by atoms with Crippen molar-refractivity contribution >= 4 is 21.7 Å². The number of sulfonamides is 1. The molecule has 2 atom stereocenters. The Labute approximate surface area is 157 Å². The van der Waals surface area contributed by atoms with Crippen molar-refractivity contribution in [2.24, 2.45) is 5.73 Å². The minimum Gasteiger partial charge on any atom is -0.395 e. The lowest BCUT2D eigenvalue weighted by Gasteiger charge is -2.35. The summed E-state index contributed by atoms with van der Waals surface area (Å²) < 4.78 is 26.0. The highest BCUT2D eigenvalue weighted by molar-refractivity contribution is 7.89. The van der Waals surface area contributed by atoms with Crippen molar-refractivity contribution in [2.75, 3.05) is 25.5 Å². The van der Waals surface area contributed by atoms with Gasteiger partial charge in [0.05, 0.1) is 11.5 Å². The van der Waals surface area contributed by atoms with Gasteiger partial charge in [-0.3, -0.25) is 4.79 Å². The summed E-state index contributed by atoms with van der Waals surface area (Å²) in [6.45, 7) is 0.472. The number of carbonyl (C=O) groups is 1. The van der Waals surface area contributed by atoms with Crippen LogP contribution in [0.5, 0.6) is 0 Å². The van der Waals surface area contributed by atoms with Crippen LogP contribution in [0, 0.1) is 0 Å². The van der Waals surface area contributed by atoms with E-state index in [2.05, 4.69) is 10.3 Å². The number of benzene rings is 1. The second-order valence-corrected chi connectivity index (χ2v) is 7.63. The fraction of sp³-hybridized carbons (Fsp3) is 0.294. The third kappa shape index (κ3) is 4.49. The lowest BCUT2D eigenvalue weighted by molar-refractivity contribution is -0.123. The molecule has 2 aromatic rings. The molecule has 0 bridgehead atoms. The number of nitrogens with one attached hydrogen (secondary N) is 1. The molecule has 2 unspecified atom stereocenters. The Bertz CT molecular complexity index is 874. The molecule has 1 aromatic carbocycles. The van der Waals surface area contributed by atoms with E-state index in [1.807, 2.05) is 0 Å². The van der Waals surface area contributed by atoms with E-state index in [9.17, 15) is 18.3 Å². The molecule has 1 aromatic heterocycles. The highest BCUT2D eigenvalue weighted by Crippen LogP contribution is 2.35. The van der Waals surface area contributed by atoms with Crippen LogP contribution in [0.4, 0.5) is 5.82 Å². The SMILES string of the molecule is CN1C(C(=O)Nc2ccccn2)C(O)c2ccccc2S1(=O)=O.NCCO. The van der Waals surface area contributed by atoms with Crippen molar-refractivity contribution in [3.05, 3.63) is 54.2 Å². The molecule has 1 aliphatic rings. The van der Waals surface area contributed by atoms with E-state index in [4.69, 9.17) is 10.8 Å². The molecule has 2 heterocycles. The molecule has 9 nitrogen and oxygen atoms in total. The smallest absolute Gasteiger partial charge is 0.247 e. The number of aliphatic hydroxyl groups is 2. The van der Waals surface area contributed by atoms with E-state index in [0.717, 1.165) is 4.31 Å². The zero-order valence-electron chi connectivity index (χ0n) is 14.7. The maximum Gasteiger partial charge on any atom is 0.247 e. The van der Waals surface area contributed by atoms with E-state index in [0.29, 0.717) is 6.54 Å². The van der Waals surface area contributed by atoms with Crippen LogP contribution in [0.25, 0.3) is 0 Å². The molecule has 3 rings (SSSR count). The van der Waals surface area contributed by atoms with Gasteiger partial charge in [0, 0.05) is 25.4 Å². The first-order valence-corrected chi connectivity index (χ1v) is 9.56. The molecule has 0 radical (unpaired) electrons. The Balaban J connectivity index is 0.000000596. The first-order chi connectivity index (χ1) is 12.8. The maximum atomic E-state index is 12.5. The minimum atomic E-state index is -3.85. The van der Waals surface area contributed by atoms with E-state index in [-0.39, 0.29) is 22.9 Å². The van der Waals surface area contributed by atoms with Gasteiger partial charge in [0.2, 0.25) is 15.9 Å². The quantitative estimate of drug-likeness (QED) is 0.559. The van der Waals surface area contributed by atoms with Gasteiger partial charge in [-0.1, -0.05) is 24.3 Å². The fourth-order valence-corrected chi connectivity index (χ4v) is 4.14. The summed E-state index contributed by atoms with van der Waals surface area (Å²) in [5.74, 6) is -0.355. The summed E-state index contributed by atoms with van der Waals surface area (Å²) in [7, 11) is -2.57. The number of hydrogen-bond acceptors (Lipinski definition) is 7. The van der Waals surface area contributed by atoms with Gasteiger partial charge in [-0.2, -0.15) is 4.31 Å². The summed E-state index contributed by atoms with van der Waals surface area (Å²) in [4.78, 5) is 16.4. The largest absolute Gasteiger partial charge is 0.395 e. The molecule has 0 saturated heterocycles. The average molecular weight is 394 g/mol. The van der Waals surface area contributed by atoms with E-state index in [1.165, 1.54) is 25.4 Å². The number of rotatable bonds is 3. The molecule has 0 aliphatic carbocycles. The lowest BCUT2D eigenvalue weighted by atomic mass is 10.0. The Kier molecular flexibility index (Phi) is 6.99. The molecule has 1 aliphatic heterocycles. The zero-order valence-corrected chi connectivity index (χ0v) is 15.5. The second kappa shape index (κ2) is 9.02. The molecule has 0 fully saturated rings. The normalized spacial score (nSPS) is 20.7. The Hall–Kier alpha value is -2.37. The number of amides is 1. The highest BCUT2D eigenvalue weighted by atomic mass is 32.2. The van der Waals surface area contributed by atoms with Crippen molar-refractivity contribution in [1.29, 1.82) is 0 Å². The zero-order chi connectivity index (χ0) is 20.0. The highest BCUT2D eigenvalue weighted by Gasteiger charge is 2.45. The van der Waals surface area contributed by atoms with E-state index in [1.54, 1.807) is 30.3 Å². The first-order valence-electron chi connectivity index (χ1n) is 8.12. The average Bonchev–Trinajstić information content (AvgIpc) is 2.68. The molecule has 5 N–H and O–H groups in total. The van der Waals surface area contributed by atoms with E-state index >= 15 is 0 Å². The van der Waals surface area contributed by atoms with Crippen LogP contribution in [0.1, 0.15) is 11.7 Å². The van der Waals surface area contributed by atoms with Crippen molar-refractivity contribution in [3.63, 3.8) is 0 Å². The third-order valence-electron chi connectivity index (χ3n) is 3.90. The number of carbonyl (C=O) groups excluding carboxylic acids is 1. The first kappa shape index (κ1) is 20.9. The number of aliphatic hydroxyl groups excluding tert-OH is 2. The fourth-order valence-electron chi connectivity index (χ4n) is 2.58. The van der Waals surface area contributed by atoms with E-state index < -0.39 is 28.1 Å². The van der Waals surface area contributed by atoms with Gasteiger partial charge < -0.3 is 21.3 Å². The van der Waals surface area contributed by atoms with Crippen molar-refractivity contribution in [3.8, 4) is 0 Å². The molecule has 146 valence electrons. The lowest BCUT2D eigenvalue weighted by Crippen LogP contribution is -2.51. The number of pyridine rings is 1. The number of nitrogens with zero attached hydrogens (tertiary/aromatic N) is 2. The molecule has 10 heteroatoms. The third-order valence-corrected chi connectivity index (χ3v) is 5.81. The topological polar surface area (TPSA) is 146 Å². The van der Waals surface area contributed by atoms with Crippen LogP contribution in [-0.2, 0) is 14.8 Å². The summed E-state index contributed by atoms with van der Waals surface area (Å²) in [6, 6.07) is 9.81. The Morgan fingerprint density at radius 3 is 2.48 bits per heavy atom.